The molecule has 0 saturated heterocycles. The van der Waals surface area contributed by atoms with Crippen molar-refractivity contribution in [1.29, 1.82) is 0 Å². The highest BCUT2D eigenvalue weighted by atomic mass is 35.5. The van der Waals surface area contributed by atoms with Crippen LogP contribution in [0.2, 0.25) is 5.02 Å². The molecule has 108 valence electrons. The molecule has 0 atom stereocenters. The minimum absolute atomic E-state index is 0.707. The third kappa shape index (κ3) is 3.75. The lowest BCUT2D eigenvalue weighted by Crippen LogP contribution is -2.02. The topological polar surface area (TPSA) is 39.9 Å². The Morgan fingerprint density at radius 2 is 2.15 bits per heavy atom. The van der Waals surface area contributed by atoms with E-state index in [-0.39, 0.29) is 0 Å². The summed E-state index contributed by atoms with van der Waals surface area (Å²) in [6.45, 7) is 6.38. The fourth-order valence-corrected chi connectivity index (χ4v) is 2.90. The molecule has 0 radical (unpaired) electrons. The summed E-state index contributed by atoms with van der Waals surface area (Å²) in [5, 5.41) is 10.2. The van der Waals surface area contributed by atoms with E-state index in [2.05, 4.69) is 21.7 Å². The molecule has 0 saturated carbocycles. The predicted octanol–water partition coefficient (Wildman–Crippen LogP) is 3.75. The lowest BCUT2D eigenvalue weighted by atomic mass is 10.2. The molecule has 4 nitrogen and oxygen atoms in total. The van der Waals surface area contributed by atoms with Crippen LogP contribution in [0, 0.1) is 0 Å². The number of aromatic nitrogens is 3. The van der Waals surface area contributed by atoms with Crippen molar-refractivity contribution >= 4 is 23.4 Å². The van der Waals surface area contributed by atoms with Crippen LogP contribution in [-0.4, -0.2) is 33.7 Å². The van der Waals surface area contributed by atoms with Gasteiger partial charge in [0, 0.05) is 29.5 Å². The molecule has 6 heteroatoms. The summed E-state index contributed by atoms with van der Waals surface area (Å²) >= 11 is 7.70. The summed E-state index contributed by atoms with van der Waals surface area (Å²) in [5.41, 5.74) is 0.989. The van der Waals surface area contributed by atoms with E-state index in [1.807, 2.05) is 31.2 Å². The van der Waals surface area contributed by atoms with Crippen LogP contribution in [0.5, 0.6) is 0 Å². The molecule has 0 amide bonds. The van der Waals surface area contributed by atoms with Gasteiger partial charge in [0.05, 0.1) is 6.61 Å². The van der Waals surface area contributed by atoms with Crippen molar-refractivity contribution in [3.63, 3.8) is 0 Å². The van der Waals surface area contributed by atoms with Gasteiger partial charge in [-0.05, 0) is 26.0 Å². The Hall–Kier alpha value is -1.04. The number of halogens is 1. The molecule has 0 fully saturated rings. The van der Waals surface area contributed by atoms with Gasteiger partial charge in [-0.15, -0.1) is 10.2 Å². The van der Waals surface area contributed by atoms with Gasteiger partial charge in [-0.25, -0.2) is 0 Å². The smallest absolute Gasteiger partial charge is 0.191 e. The van der Waals surface area contributed by atoms with Crippen molar-refractivity contribution in [2.75, 3.05) is 19.0 Å². The molecule has 0 bridgehead atoms. The van der Waals surface area contributed by atoms with Crippen molar-refractivity contribution < 1.29 is 4.74 Å². The number of benzene rings is 1. The highest BCUT2D eigenvalue weighted by Crippen LogP contribution is 2.25. The van der Waals surface area contributed by atoms with Crippen molar-refractivity contribution in [2.45, 2.75) is 25.5 Å². The Kier molecular flexibility index (Phi) is 5.88. The second-order valence-corrected chi connectivity index (χ2v) is 5.60. The second kappa shape index (κ2) is 7.67. The van der Waals surface area contributed by atoms with E-state index in [4.69, 9.17) is 16.3 Å². The van der Waals surface area contributed by atoms with Crippen LogP contribution < -0.4 is 0 Å². The molecular weight excluding hydrogens is 294 g/mol. The van der Waals surface area contributed by atoms with Crippen LogP contribution in [0.25, 0.3) is 11.4 Å². The maximum absolute atomic E-state index is 6.04. The van der Waals surface area contributed by atoms with Crippen molar-refractivity contribution in [3.05, 3.63) is 29.3 Å². The summed E-state index contributed by atoms with van der Waals surface area (Å²) in [5.74, 6) is 1.73. The maximum atomic E-state index is 6.04. The summed E-state index contributed by atoms with van der Waals surface area (Å²) < 4.78 is 7.44. The van der Waals surface area contributed by atoms with E-state index >= 15 is 0 Å². The number of hydrogen-bond acceptors (Lipinski definition) is 4. The largest absolute Gasteiger partial charge is 0.381 e. The number of thioether (sulfide) groups is 1. The lowest BCUT2D eigenvalue weighted by Gasteiger charge is -2.07. The SMILES string of the molecule is CCOCCSc1nnc(-c2cccc(Cl)c2)n1CC. The van der Waals surface area contributed by atoms with E-state index in [0.717, 1.165) is 42.1 Å². The number of hydrogen-bond donors (Lipinski definition) is 0. The van der Waals surface area contributed by atoms with Gasteiger partial charge in [0.1, 0.15) is 0 Å². The van der Waals surface area contributed by atoms with Gasteiger partial charge >= 0.3 is 0 Å². The van der Waals surface area contributed by atoms with Gasteiger partial charge in [0.2, 0.25) is 0 Å². The van der Waals surface area contributed by atoms with Crippen molar-refractivity contribution in [1.82, 2.24) is 14.8 Å². The maximum Gasteiger partial charge on any atom is 0.191 e. The molecule has 0 N–H and O–H groups in total. The molecule has 0 aliphatic rings. The van der Waals surface area contributed by atoms with E-state index in [0.29, 0.717) is 5.02 Å². The van der Waals surface area contributed by atoms with E-state index in [1.54, 1.807) is 11.8 Å². The third-order valence-electron chi connectivity index (χ3n) is 2.78. The predicted molar refractivity (Wildman–Crippen MR) is 83.4 cm³/mol. The van der Waals surface area contributed by atoms with Gasteiger partial charge in [-0.1, -0.05) is 35.5 Å². The molecule has 1 aromatic heterocycles. The molecule has 0 unspecified atom stereocenters. The summed E-state index contributed by atoms with van der Waals surface area (Å²) in [7, 11) is 0. The van der Waals surface area contributed by atoms with Gasteiger partial charge < -0.3 is 9.30 Å². The molecular formula is C14H18ClN3OS. The molecule has 1 heterocycles. The Labute approximate surface area is 128 Å². The molecule has 2 rings (SSSR count). The lowest BCUT2D eigenvalue weighted by molar-refractivity contribution is 0.164. The highest BCUT2D eigenvalue weighted by Gasteiger charge is 2.13. The Morgan fingerprint density at radius 3 is 2.85 bits per heavy atom. The zero-order valence-electron chi connectivity index (χ0n) is 11.7. The monoisotopic (exact) mass is 311 g/mol. The molecule has 0 aliphatic heterocycles. The molecule has 20 heavy (non-hydrogen) atoms. The van der Waals surface area contributed by atoms with Crippen LogP contribution in [0.15, 0.2) is 29.4 Å². The quantitative estimate of drug-likeness (QED) is 0.577. The Balaban J connectivity index is 2.16. The second-order valence-electron chi connectivity index (χ2n) is 4.11. The van der Waals surface area contributed by atoms with Gasteiger partial charge in [0.15, 0.2) is 11.0 Å². The zero-order chi connectivity index (χ0) is 14.4. The fourth-order valence-electron chi connectivity index (χ4n) is 1.86. The Morgan fingerprint density at radius 1 is 1.30 bits per heavy atom. The number of nitrogens with zero attached hydrogens (tertiary/aromatic N) is 3. The summed E-state index contributed by atoms with van der Waals surface area (Å²) in [6.07, 6.45) is 0. The minimum atomic E-state index is 0.707. The fraction of sp³-hybridized carbons (Fsp3) is 0.429. The van der Waals surface area contributed by atoms with Crippen molar-refractivity contribution in [3.8, 4) is 11.4 Å². The van der Waals surface area contributed by atoms with Gasteiger partial charge in [-0.2, -0.15) is 0 Å². The van der Waals surface area contributed by atoms with Crippen LogP contribution in [0.1, 0.15) is 13.8 Å². The first-order chi connectivity index (χ1) is 9.76. The molecule has 0 spiro atoms. The molecule has 2 aromatic rings. The first kappa shape index (κ1) is 15.4. The van der Waals surface area contributed by atoms with E-state index in [1.165, 1.54) is 0 Å². The van der Waals surface area contributed by atoms with Crippen LogP contribution in [0.4, 0.5) is 0 Å². The summed E-state index contributed by atoms with van der Waals surface area (Å²) in [4.78, 5) is 0. The van der Waals surface area contributed by atoms with Gasteiger partial charge in [0.25, 0.3) is 0 Å². The average Bonchev–Trinajstić information content (AvgIpc) is 2.86. The normalized spacial score (nSPS) is 10.9. The summed E-state index contributed by atoms with van der Waals surface area (Å²) in [6, 6.07) is 7.69. The highest BCUT2D eigenvalue weighted by molar-refractivity contribution is 7.99. The number of rotatable bonds is 7. The minimum Gasteiger partial charge on any atom is -0.381 e. The standard InChI is InChI=1S/C14H18ClN3OS/c1-3-18-13(11-6-5-7-12(15)10-11)16-17-14(18)20-9-8-19-4-2/h5-7,10H,3-4,8-9H2,1-2H3. The van der Waals surface area contributed by atoms with Crippen LogP contribution >= 0.6 is 23.4 Å². The number of ether oxygens (including phenoxy) is 1. The van der Waals surface area contributed by atoms with E-state index < -0.39 is 0 Å². The zero-order valence-corrected chi connectivity index (χ0v) is 13.2. The first-order valence-electron chi connectivity index (χ1n) is 6.66. The van der Waals surface area contributed by atoms with E-state index in [9.17, 15) is 0 Å². The van der Waals surface area contributed by atoms with Crippen LogP contribution in [-0.2, 0) is 11.3 Å². The third-order valence-corrected chi connectivity index (χ3v) is 3.94. The average molecular weight is 312 g/mol. The van der Waals surface area contributed by atoms with Crippen LogP contribution in [0.3, 0.4) is 0 Å². The van der Waals surface area contributed by atoms with Gasteiger partial charge in [-0.3, -0.25) is 0 Å². The molecule has 0 aliphatic carbocycles. The Bertz CT molecular complexity index is 559. The van der Waals surface area contributed by atoms with Crippen molar-refractivity contribution in [2.24, 2.45) is 0 Å². The first-order valence-corrected chi connectivity index (χ1v) is 8.02. The molecule has 1 aromatic carbocycles.